The molecule has 1 unspecified atom stereocenters. The lowest BCUT2D eigenvalue weighted by atomic mass is 10.2. The van der Waals surface area contributed by atoms with Crippen molar-refractivity contribution in [2.75, 3.05) is 13.2 Å². The van der Waals surface area contributed by atoms with Gasteiger partial charge in [0.25, 0.3) is 5.91 Å². The zero-order valence-corrected chi connectivity index (χ0v) is 12.5. The van der Waals surface area contributed by atoms with Gasteiger partial charge in [0.05, 0.1) is 0 Å². The van der Waals surface area contributed by atoms with Gasteiger partial charge in [0.2, 0.25) is 0 Å². The lowest BCUT2D eigenvalue weighted by Gasteiger charge is -2.07. The van der Waals surface area contributed by atoms with Crippen LogP contribution in [-0.4, -0.2) is 29.1 Å². The van der Waals surface area contributed by atoms with Gasteiger partial charge in [0.1, 0.15) is 10.7 Å². The first-order chi connectivity index (χ1) is 9.60. The minimum atomic E-state index is -0.227. The maximum Gasteiger partial charge on any atom is 0.270 e. The maximum absolute atomic E-state index is 11.9. The molecule has 1 aromatic heterocycles. The number of aliphatic hydroxyl groups is 1. The first kappa shape index (κ1) is 15.0. The second-order valence-corrected chi connectivity index (χ2v) is 5.84. The summed E-state index contributed by atoms with van der Waals surface area (Å²) in [6.45, 7) is 2.34. The number of thiazole rings is 1. The third-order valence-corrected chi connectivity index (χ3v) is 3.86. The molecule has 1 amide bonds. The molecule has 106 valence electrons. The maximum atomic E-state index is 11.9. The number of halogens is 1. The molecule has 0 radical (unpaired) electrons. The number of hydrogen-bond acceptors (Lipinski definition) is 4. The number of aliphatic hydroxyl groups excluding tert-OH is 1. The number of benzene rings is 1. The number of carbonyl (C=O) groups is 1. The van der Waals surface area contributed by atoms with Crippen molar-refractivity contribution in [3.8, 4) is 10.6 Å². The van der Waals surface area contributed by atoms with Gasteiger partial charge >= 0.3 is 0 Å². The molecule has 0 bridgehead atoms. The average molecular weight is 311 g/mol. The molecule has 0 aliphatic carbocycles. The fraction of sp³-hybridized carbons (Fsp3) is 0.286. The fourth-order valence-corrected chi connectivity index (χ4v) is 2.54. The molecule has 0 fully saturated rings. The molecule has 0 aliphatic rings. The molecular formula is C14H15ClN2O2S. The number of amides is 1. The number of carbonyl (C=O) groups excluding carboxylic acids is 1. The minimum Gasteiger partial charge on any atom is -0.396 e. The Balaban J connectivity index is 2.07. The Morgan fingerprint density at radius 2 is 2.35 bits per heavy atom. The third-order valence-electron chi connectivity index (χ3n) is 2.73. The summed E-state index contributed by atoms with van der Waals surface area (Å²) in [6.07, 6.45) is 0. The predicted octanol–water partition coefficient (Wildman–Crippen LogP) is 2.82. The van der Waals surface area contributed by atoms with Crippen molar-refractivity contribution < 1.29 is 9.90 Å². The topological polar surface area (TPSA) is 62.2 Å². The smallest absolute Gasteiger partial charge is 0.270 e. The summed E-state index contributed by atoms with van der Waals surface area (Å²) in [6, 6.07) is 7.36. The number of aromatic nitrogens is 1. The molecule has 1 heterocycles. The van der Waals surface area contributed by atoms with Crippen LogP contribution < -0.4 is 5.32 Å². The quantitative estimate of drug-likeness (QED) is 0.892. The Morgan fingerprint density at radius 1 is 1.55 bits per heavy atom. The third kappa shape index (κ3) is 3.79. The van der Waals surface area contributed by atoms with E-state index >= 15 is 0 Å². The van der Waals surface area contributed by atoms with Crippen LogP contribution in [0.5, 0.6) is 0 Å². The van der Waals surface area contributed by atoms with Crippen molar-refractivity contribution in [2.45, 2.75) is 6.92 Å². The van der Waals surface area contributed by atoms with E-state index in [0.29, 0.717) is 17.3 Å². The molecule has 2 N–H and O–H groups in total. The molecule has 4 nitrogen and oxygen atoms in total. The second kappa shape index (κ2) is 6.83. The van der Waals surface area contributed by atoms with E-state index in [9.17, 15) is 4.79 Å². The van der Waals surface area contributed by atoms with Gasteiger partial charge in [-0.1, -0.05) is 30.7 Å². The van der Waals surface area contributed by atoms with Gasteiger partial charge in [0.15, 0.2) is 0 Å². The zero-order valence-electron chi connectivity index (χ0n) is 11.0. The minimum absolute atomic E-state index is 0.0324. The van der Waals surface area contributed by atoms with Gasteiger partial charge in [-0.15, -0.1) is 11.3 Å². The Kier molecular flexibility index (Phi) is 5.11. The molecule has 0 saturated carbocycles. The van der Waals surface area contributed by atoms with Crippen LogP contribution in [0.2, 0.25) is 5.02 Å². The Hall–Kier alpha value is -1.43. The largest absolute Gasteiger partial charge is 0.396 e. The van der Waals surface area contributed by atoms with Crippen LogP contribution >= 0.6 is 22.9 Å². The monoisotopic (exact) mass is 310 g/mol. The van der Waals surface area contributed by atoms with E-state index in [-0.39, 0.29) is 18.4 Å². The number of nitrogens with one attached hydrogen (secondary N) is 1. The molecule has 1 atom stereocenters. The van der Waals surface area contributed by atoms with Crippen molar-refractivity contribution in [1.29, 1.82) is 0 Å². The summed E-state index contributed by atoms with van der Waals surface area (Å²) in [4.78, 5) is 16.2. The van der Waals surface area contributed by atoms with Crippen molar-refractivity contribution in [1.82, 2.24) is 10.3 Å². The lowest BCUT2D eigenvalue weighted by Crippen LogP contribution is -2.29. The standard InChI is InChI=1S/C14H15ClN2O2S/c1-9(7-18)6-16-13(19)12-8-20-14(17-12)10-3-2-4-11(15)5-10/h2-5,8-9,18H,6-7H2,1H3,(H,16,19). The summed E-state index contributed by atoms with van der Waals surface area (Å²) in [5, 5.41) is 14.8. The van der Waals surface area contributed by atoms with Gasteiger partial charge in [0, 0.05) is 29.1 Å². The molecule has 20 heavy (non-hydrogen) atoms. The van der Waals surface area contributed by atoms with Gasteiger partial charge < -0.3 is 10.4 Å². The Bertz CT molecular complexity index is 600. The van der Waals surface area contributed by atoms with Gasteiger partial charge in [-0.3, -0.25) is 4.79 Å². The van der Waals surface area contributed by atoms with E-state index in [0.717, 1.165) is 10.6 Å². The summed E-state index contributed by atoms with van der Waals surface area (Å²) in [7, 11) is 0. The first-order valence-electron chi connectivity index (χ1n) is 6.20. The number of nitrogens with zero attached hydrogens (tertiary/aromatic N) is 1. The molecule has 2 aromatic rings. The van der Waals surface area contributed by atoms with E-state index < -0.39 is 0 Å². The fourth-order valence-electron chi connectivity index (χ4n) is 1.55. The SMILES string of the molecule is CC(CO)CNC(=O)c1csc(-c2cccc(Cl)c2)n1. The van der Waals surface area contributed by atoms with E-state index in [1.807, 2.05) is 25.1 Å². The van der Waals surface area contributed by atoms with Crippen LogP contribution in [-0.2, 0) is 0 Å². The summed E-state index contributed by atoms with van der Waals surface area (Å²) in [5.41, 5.74) is 1.28. The molecule has 0 spiro atoms. The Morgan fingerprint density at radius 3 is 3.05 bits per heavy atom. The van der Waals surface area contributed by atoms with E-state index in [1.54, 1.807) is 11.4 Å². The van der Waals surface area contributed by atoms with E-state index in [1.165, 1.54) is 11.3 Å². The summed E-state index contributed by atoms with van der Waals surface area (Å²) >= 11 is 7.34. The van der Waals surface area contributed by atoms with Gasteiger partial charge in [-0.05, 0) is 18.1 Å². The highest BCUT2D eigenvalue weighted by atomic mass is 35.5. The molecule has 0 saturated heterocycles. The van der Waals surface area contributed by atoms with Gasteiger partial charge in [-0.2, -0.15) is 0 Å². The predicted molar refractivity (Wildman–Crippen MR) is 81.1 cm³/mol. The van der Waals surface area contributed by atoms with Crippen LogP contribution in [0.3, 0.4) is 0 Å². The van der Waals surface area contributed by atoms with E-state index in [2.05, 4.69) is 10.3 Å². The van der Waals surface area contributed by atoms with Crippen LogP contribution in [0, 0.1) is 5.92 Å². The van der Waals surface area contributed by atoms with E-state index in [4.69, 9.17) is 16.7 Å². The summed E-state index contributed by atoms with van der Waals surface area (Å²) < 4.78 is 0. The highest BCUT2D eigenvalue weighted by Crippen LogP contribution is 2.25. The average Bonchev–Trinajstić information content (AvgIpc) is 2.94. The number of hydrogen-bond donors (Lipinski definition) is 2. The number of rotatable bonds is 5. The van der Waals surface area contributed by atoms with Gasteiger partial charge in [-0.25, -0.2) is 4.98 Å². The molecule has 6 heteroatoms. The van der Waals surface area contributed by atoms with Crippen molar-refractivity contribution in [3.63, 3.8) is 0 Å². The molecule has 0 aliphatic heterocycles. The van der Waals surface area contributed by atoms with Crippen molar-refractivity contribution in [2.24, 2.45) is 5.92 Å². The van der Waals surface area contributed by atoms with Crippen LogP contribution in [0.1, 0.15) is 17.4 Å². The van der Waals surface area contributed by atoms with Crippen LogP contribution in [0.15, 0.2) is 29.6 Å². The first-order valence-corrected chi connectivity index (χ1v) is 7.46. The normalized spacial score (nSPS) is 12.2. The molecule has 2 rings (SSSR count). The second-order valence-electron chi connectivity index (χ2n) is 4.55. The summed E-state index contributed by atoms with van der Waals surface area (Å²) in [5.74, 6) is -0.195. The molecular weight excluding hydrogens is 296 g/mol. The molecule has 1 aromatic carbocycles. The van der Waals surface area contributed by atoms with Crippen molar-refractivity contribution >= 4 is 28.8 Å². The van der Waals surface area contributed by atoms with Crippen LogP contribution in [0.4, 0.5) is 0 Å². The highest BCUT2D eigenvalue weighted by molar-refractivity contribution is 7.13. The Labute approximate surface area is 126 Å². The highest BCUT2D eigenvalue weighted by Gasteiger charge is 2.12. The van der Waals surface area contributed by atoms with Crippen LogP contribution in [0.25, 0.3) is 10.6 Å². The van der Waals surface area contributed by atoms with Crippen molar-refractivity contribution in [3.05, 3.63) is 40.4 Å². The lowest BCUT2D eigenvalue weighted by molar-refractivity contribution is 0.0938. The zero-order chi connectivity index (χ0) is 14.5.